The van der Waals surface area contributed by atoms with Crippen LogP contribution in [-0.2, 0) is 29.2 Å². The van der Waals surface area contributed by atoms with Crippen LogP contribution in [0.25, 0.3) is 11.0 Å². The molecule has 3 unspecified atom stereocenters. The molecule has 0 saturated carbocycles. The van der Waals surface area contributed by atoms with Gasteiger partial charge in [0.2, 0.25) is 0 Å². The lowest BCUT2D eigenvalue weighted by molar-refractivity contribution is -0.252. The average Bonchev–Trinajstić information content (AvgIpc) is 3.43. The van der Waals surface area contributed by atoms with E-state index in [9.17, 15) is 9.90 Å². The number of aromatic nitrogens is 2. The highest BCUT2D eigenvalue weighted by Gasteiger charge is 2.32. The minimum Gasteiger partial charge on any atom is -0.392 e. The SMILES string of the molecule is O=C(NCc1ccccc1)Nc1cccc(C2OC(Cn3cnc4ccccc43)CC(c3ccc(CO)cc3)O2)c1. The maximum absolute atomic E-state index is 12.6. The molecule has 3 N–H and O–H groups in total. The summed E-state index contributed by atoms with van der Waals surface area (Å²) < 4.78 is 15.1. The molecule has 0 bridgehead atoms. The number of nitrogens with one attached hydrogen (secondary N) is 2. The maximum Gasteiger partial charge on any atom is 0.319 e. The molecular formula is C33H32N4O4. The van der Waals surface area contributed by atoms with E-state index in [0.29, 0.717) is 25.2 Å². The minimum absolute atomic E-state index is 0.00735. The first-order chi connectivity index (χ1) is 20.1. The monoisotopic (exact) mass is 548 g/mol. The van der Waals surface area contributed by atoms with Gasteiger partial charge in [-0.1, -0.05) is 78.9 Å². The fraction of sp³-hybridized carbons (Fsp3) is 0.212. The molecule has 41 heavy (non-hydrogen) atoms. The highest BCUT2D eigenvalue weighted by Crippen LogP contribution is 2.39. The molecule has 1 fully saturated rings. The Kier molecular flexibility index (Phi) is 8.04. The molecule has 8 heteroatoms. The molecule has 2 heterocycles. The van der Waals surface area contributed by atoms with Crippen LogP contribution in [0.5, 0.6) is 0 Å². The van der Waals surface area contributed by atoms with E-state index in [2.05, 4.69) is 26.3 Å². The maximum atomic E-state index is 12.6. The van der Waals surface area contributed by atoms with Crippen molar-refractivity contribution in [3.63, 3.8) is 0 Å². The lowest BCUT2D eigenvalue weighted by Gasteiger charge is -2.36. The number of anilines is 1. The van der Waals surface area contributed by atoms with Gasteiger partial charge in [-0.2, -0.15) is 0 Å². The number of urea groups is 1. The molecule has 1 saturated heterocycles. The van der Waals surface area contributed by atoms with E-state index < -0.39 is 6.29 Å². The predicted octanol–water partition coefficient (Wildman–Crippen LogP) is 6.10. The number of imidazole rings is 1. The minimum atomic E-state index is -0.639. The second kappa shape index (κ2) is 12.3. The second-order valence-electron chi connectivity index (χ2n) is 10.2. The Morgan fingerprint density at radius 3 is 2.51 bits per heavy atom. The third-order valence-electron chi connectivity index (χ3n) is 7.26. The van der Waals surface area contributed by atoms with Gasteiger partial charge >= 0.3 is 6.03 Å². The number of nitrogens with zero attached hydrogens (tertiary/aromatic N) is 2. The molecule has 1 aromatic heterocycles. The van der Waals surface area contributed by atoms with Crippen LogP contribution in [0.2, 0.25) is 0 Å². The molecule has 1 aliphatic heterocycles. The van der Waals surface area contributed by atoms with Crippen molar-refractivity contribution in [2.24, 2.45) is 0 Å². The van der Waals surface area contributed by atoms with Gasteiger partial charge in [0.05, 0.1) is 42.7 Å². The molecule has 0 spiro atoms. The van der Waals surface area contributed by atoms with Crippen molar-refractivity contribution >= 4 is 22.8 Å². The fourth-order valence-corrected chi connectivity index (χ4v) is 5.12. The second-order valence-corrected chi connectivity index (χ2v) is 10.2. The zero-order valence-corrected chi connectivity index (χ0v) is 22.5. The van der Waals surface area contributed by atoms with Gasteiger partial charge in [-0.25, -0.2) is 9.78 Å². The van der Waals surface area contributed by atoms with Crippen LogP contribution in [-0.4, -0.2) is 26.8 Å². The van der Waals surface area contributed by atoms with E-state index in [1.54, 1.807) is 0 Å². The normalized spacial score (nSPS) is 18.7. The zero-order chi connectivity index (χ0) is 28.0. The Bertz CT molecular complexity index is 1600. The Balaban J connectivity index is 1.20. The molecule has 3 atom stereocenters. The quantitative estimate of drug-likeness (QED) is 0.218. The van der Waals surface area contributed by atoms with Crippen molar-refractivity contribution in [1.29, 1.82) is 0 Å². The Morgan fingerprint density at radius 1 is 0.878 bits per heavy atom. The van der Waals surface area contributed by atoms with Crippen LogP contribution in [0, 0.1) is 0 Å². The van der Waals surface area contributed by atoms with E-state index in [0.717, 1.165) is 33.3 Å². The number of ether oxygens (including phenoxy) is 2. The summed E-state index contributed by atoms with van der Waals surface area (Å²) in [5.41, 5.74) is 6.34. The molecule has 208 valence electrons. The Labute approximate surface area is 238 Å². The first-order valence-electron chi connectivity index (χ1n) is 13.7. The number of aliphatic hydroxyl groups is 1. The van der Waals surface area contributed by atoms with Gasteiger partial charge in [-0.15, -0.1) is 0 Å². The number of amides is 2. The summed E-state index contributed by atoms with van der Waals surface area (Å²) in [5.74, 6) is 0. The standard InChI is InChI=1S/C33H32N4O4/c38-21-24-13-15-25(16-14-24)31-18-28(20-37-22-35-29-11-4-5-12-30(29)37)40-32(41-31)26-9-6-10-27(17-26)36-33(39)34-19-23-7-2-1-3-8-23/h1-17,22,28,31-32,38H,18-21H2,(H2,34,36,39). The highest BCUT2D eigenvalue weighted by molar-refractivity contribution is 5.89. The lowest BCUT2D eigenvalue weighted by Crippen LogP contribution is -2.32. The van der Waals surface area contributed by atoms with Crippen molar-refractivity contribution in [1.82, 2.24) is 14.9 Å². The first kappa shape index (κ1) is 26.7. The van der Waals surface area contributed by atoms with Crippen molar-refractivity contribution in [2.75, 3.05) is 5.32 Å². The summed E-state index contributed by atoms with van der Waals surface area (Å²) in [7, 11) is 0. The summed E-state index contributed by atoms with van der Waals surface area (Å²) in [6.45, 7) is 1.04. The van der Waals surface area contributed by atoms with Gasteiger partial charge < -0.3 is 29.8 Å². The van der Waals surface area contributed by atoms with Crippen LogP contribution in [0.4, 0.5) is 10.5 Å². The van der Waals surface area contributed by atoms with Crippen LogP contribution in [0.15, 0.2) is 109 Å². The molecule has 1 aliphatic rings. The number of hydrogen-bond donors (Lipinski definition) is 3. The molecule has 0 aliphatic carbocycles. The van der Waals surface area contributed by atoms with E-state index >= 15 is 0 Å². The number of aliphatic hydroxyl groups excluding tert-OH is 1. The van der Waals surface area contributed by atoms with Gasteiger partial charge in [0.25, 0.3) is 0 Å². The first-order valence-corrected chi connectivity index (χ1v) is 13.7. The van der Waals surface area contributed by atoms with Gasteiger partial charge in [0, 0.05) is 24.2 Å². The number of carbonyl (C=O) groups excluding carboxylic acids is 1. The fourth-order valence-electron chi connectivity index (χ4n) is 5.12. The van der Waals surface area contributed by atoms with Gasteiger partial charge in [0.15, 0.2) is 6.29 Å². The van der Waals surface area contributed by atoms with Crippen molar-refractivity contribution < 1.29 is 19.4 Å². The van der Waals surface area contributed by atoms with E-state index in [4.69, 9.17) is 9.47 Å². The van der Waals surface area contributed by atoms with Gasteiger partial charge in [-0.05, 0) is 41.0 Å². The van der Waals surface area contributed by atoms with Crippen LogP contribution >= 0.6 is 0 Å². The molecule has 0 radical (unpaired) electrons. The third kappa shape index (κ3) is 6.47. The molecule has 8 nitrogen and oxygen atoms in total. The number of fused-ring (bicyclic) bond motifs is 1. The number of benzene rings is 4. The van der Waals surface area contributed by atoms with E-state index in [1.165, 1.54) is 0 Å². The zero-order valence-electron chi connectivity index (χ0n) is 22.5. The summed E-state index contributed by atoms with van der Waals surface area (Å²) in [6, 6.07) is 32.9. The lowest BCUT2D eigenvalue weighted by atomic mass is 10.00. The van der Waals surface area contributed by atoms with Crippen LogP contribution in [0.1, 0.15) is 41.1 Å². The molecule has 2 amide bonds. The van der Waals surface area contributed by atoms with Crippen molar-refractivity contribution in [3.8, 4) is 0 Å². The summed E-state index contributed by atoms with van der Waals surface area (Å²) in [6.07, 6.45) is 1.50. The topological polar surface area (TPSA) is 97.6 Å². The number of carbonyl (C=O) groups is 1. The highest BCUT2D eigenvalue weighted by atomic mass is 16.7. The number of para-hydroxylation sites is 2. The van der Waals surface area contributed by atoms with Crippen molar-refractivity contribution in [3.05, 3.63) is 132 Å². The summed E-state index contributed by atoms with van der Waals surface area (Å²) in [4.78, 5) is 17.1. The third-order valence-corrected chi connectivity index (χ3v) is 7.26. The molecule has 4 aromatic carbocycles. The van der Waals surface area contributed by atoms with Gasteiger partial charge in [0.1, 0.15) is 0 Å². The average molecular weight is 549 g/mol. The van der Waals surface area contributed by atoms with Gasteiger partial charge in [-0.3, -0.25) is 0 Å². The van der Waals surface area contributed by atoms with Crippen LogP contribution < -0.4 is 10.6 Å². The number of rotatable bonds is 8. The summed E-state index contributed by atoms with van der Waals surface area (Å²) in [5, 5.41) is 15.3. The molecule has 5 aromatic rings. The van der Waals surface area contributed by atoms with Crippen LogP contribution in [0.3, 0.4) is 0 Å². The molecule has 6 rings (SSSR count). The largest absolute Gasteiger partial charge is 0.392 e. The summed E-state index contributed by atoms with van der Waals surface area (Å²) >= 11 is 0. The smallest absolute Gasteiger partial charge is 0.319 e. The Hall–Kier alpha value is -4.50. The van der Waals surface area contributed by atoms with E-state index in [-0.39, 0.29) is 24.8 Å². The Morgan fingerprint density at radius 2 is 1.68 bits per heavy atom. The number of hydrogen-bond acceptors (Lipinski definition) is 5. The predicted molar refractivity (Wildman–Crippen MR) is 157 cm³/mol. The van der Waals surface area contributed by atoms with Crippen molar-refractivity contribution in [2.45, 2.75) is 44.6 Å². The van der Waals surface area contributed by atoms with E-state index in [1.807, 2.05) is 103 Å². The molecular weight excluding hydrogens is 516 g/mol.